The van der Waals surface area contributed by atoms with E-state index in [0.29, 0.717) is 0 Å². The normalized spacial score (nSPS) is 12.7. The van der Waals surface area contributed by atoms with E-state index in [1.54, 1.807) is 19.1 Å². The summed E-state index contributed by atoms with van der Waals surface area (Å²) in [4.78, 5) is 22.4. The molecule has 0 saturated carbocycles. The zero-order valence-electron chi connectivity index (χ0n) is 12.1. The minimum absolute atomic E-state index is 0.0374. The molecule has 3 N–H and O–H groups in total. The van der Waals surface area contributed by atoms with E-state index >= 15 is 0 Å². The smallest absolute Gasteiger partial charge is 0.370 e. The number of halogens is 3. The first kappa shape index (κ1) is 16.7. The van der Waals surface area contributed by atoms with E-state index in [-0.39, 0.29) is 23.8 Å². The summed E-state index contributed by atoms with van der Waals surface area (Å²) in [6, 6.07) is 5.07. The van der Waals surface area contributed by atoms with Crippen LogP contribution in [0.2, 0.25) is 0 Å². The first-order valence-electron chi connectivity index (χ1n) is 6.68. The van der Waals surface area contributed by atoms with Crippen molar-refractivity contribution in [3.05, 3.63) is 36.2 Å². The number of rotatable bonds is 5. The summed E-state index contributed by atoms with van der Waals surface area (Å²) in [5.41, 5.74) is 4.18. The zero-order valence-corrected chi connectivity index (χ0v) is 12.1. The molecule has 0 saturated heterocycles. The van der Waals surface area contributed by atoms with Crippen LogP contribution in [0.15, 0.2) is 30.5 Å². The Bertz CT molecular complexity index is 691. The standard InChI is InChI=1S/C14H14F3N5O/c1-8(6-11(18)23)20-12-7-10(14(15,16)17)21-13(22-12)9-4-2-3-5-19-9/h2-5,7-8H,6H2,1H3,(H2,18,23)(H,20,21,22). The van der Waals surface area contributed by atoms with Crippen LogP contribution in [0.1, 0.15) is 19.0 Å². The molecule has 2 rings (SSSR count). The quantitative estimate of drug-likeness (QED) is 0.879. The van der Waals surface area contributed by atoms with Gasteiger partial charge in [0.05, 0.1) is 0 Å². The number of alkyl halides is 3. The van der Waals surface area contributed by atoms with Crippen LogP contribution in [0.25, 0.3) is 11.5 Å². The van der Waals surface area contributed by atoms with Crippen molar-refractivity contribution in [1.82, 2.24) is 15.0 Å². The average molecular weight is 325 g/mol. The van der Waals surface area contributed by atoms with Crippen LogP contribution in [0.3, 0.4) is 0 Å². The number of carbonyl (C=O) groups excluding carboxylic acids is 1. The number of nitrogens with one attached hydrogen (secondary N) is 1. The highest BCUT2D eigenvalue weighted by molar-refractivity contribution is 5.74. The first-order valence-corrected chi connectivity index (χ1v) is 6.68. The lowest BCUT2D eigenvalue weighted by molar-refractivity contribution is -0.141. The largest absolute Gasteiger partial charge is 0.433 e. The summed E-state index contributed by atoms with van der Waals surface area (Å²) in [6.45, 7) is 1.61. The second-order valence-electron chi connectivity index (χ2n) is 4.89. The van der Waals surface area contributed by atoms with Crippen LogP contribution in [0.4, 0.5) is 19.0 Å². The number of amides is 1. The van der Waals surface area contributed by atoms with Crippen LogP contribution >= 0.6 is 0 Å². The minimum atomic E-state index is -4.63. The number of nitrogens with two attached hydrogens (primary N) is 1. The van der Waals surface area contributed by atoms with Crippen LogP contribution in [-0.4, -0.2) is 26.9 Å². The summed E-state index contributed by atoms with van der Waals surface area (Å²) >= 11 is 0. The molecule has 0 aliphatic carbocycles. The second-order valence-corrected chi connectivity index (χ2v) is 4.89. The molecule has 1 amide bonds. The van der Waals surface area contributed by atoms with E-state index in [9.17, 15) is 18.0 Å². The number of anilines is 1. The van der Waals surface area contributed by atoms with Crippen molar-refractivity contribution in [2.24, 2.45) is 5.73 Å². The molecule has 0 aromatic carbocycles. The Hall–Kier alpha value is -2.71. The summed E-state index contributed by atoms with van der Waals surface area (Å²) in [7, 11) is 0. The molecule has 0 aliphatic rings. The monoisotopic (exact) mass is 325 g/mol. The van der Waals surface area contributed by atoms with Gasteiger partial charge < -0.3 is 11.1 Å². The molecule has 0 bridgehead atoms. The maximum absolute atomic E-state index is 13.0. The van der Waals surface area contributed by atoms with Gasteiger partial charge in [0, 0.05) is 24.7 Å². The van der Waals surface area contributed by atoms with Gasteiger partial charge in [-0.05, 0) is 19.1 Å². The molecule has 9 heteroatoms. The maximum Gasteiger partial charge on any atom is 0.433 e. The lowest BCUT2D eigenvalue weighted by Crippen LogP contribution is -2.25. The van der Waals surface area contributed by atoms with E-state index in [1.807, 2.05) is 0 Å². The molecule has 2 heterocycles. The van der Waals surface area contributed by atoms with Gasteiger partial charge in [-0.2, -0.15) is 13.2 Å². The second kappa shape index (κ2) is 6.59. The fraction of sp³-hybridized carbons (Fsp3) is 0.286. The number of aromatic nitrogens is 3. The lowest BCUT2D eigenvalue weighted by Gasteiger charge is -2.15. The van der Waals surface area contributed by atoms with Crippen molar-refractivity contribution in [2.45, 2.75) is 25.6 Å². The van der Waals surface area contributed by atoms with Crippen LogP contribution in [0, 0.1) is 0 Å². The number of primary amides is 1. The van der Waals surface area contributed by atoms with Gasteiger partial charge in [0.2, 0.25) is 5.91 Å². The molecule has 0 fully saturated rings. The molecule has 6 nitrogen and oxygen atoms in total. The first-order chi connectivity index (χ1) is 10.8. The summed E-state index contributed by atoms with van der Waals surface area (Å²) < 4.78 is 39.0. The third-order valence-corrected chi connectivity index (χ3v) is 2.81. The fourth-order valence-corrected chi connectivity index (χ4v) is 1.88. The molecular weight excluding hydrogens is 311 g/mol. The van der Waals surface area contributed by atoms with Gasteiger partial charge in [-0.3, -0.25) is 9.78 Å². The third-order valence-electron chi connectivity index (χ3n) is 2.81. The van der Waals surface area contributed by atoms with E-state index in [4.69, 9.17) is 5.73 Å². The van der Waals surface area contributed by atoms with Crippen molar-refractivity contribution in [3.8, 4) is 11.5 Å². The molecule has 1 atom stereocenters. The van der Waals surface area contributed by atoms with Crippen molar-refractivity contribution in [3.63, 3.8) is 0 Å². The Morgan fingerprint density at radius 3 is 2.65 bits per heavy atom. The third kappa shape index (κ3) is 4.63. The van der Waals surface area contributed by atoms with Gasteiger partial charge in [0.25, 0.3) is 0 Å². The molecule has 0 radical (unpaired) electrons. The van der Waals surface area contributed by atoms with Gasteiger partial charge in [-0.25, -0.2) is 9.97 Å². The van der Waals surface area contributed by atoms with Gasteiger partial charge in [-0.15, -0.1) is 0 Å². The Balaban J connectivity index is 2.40. The van der Waals surface area contributed by atoms with Gasteiger partial charge in [-0.1, -0.05) is 6.07 Å². The number of nitrogens with zero attached hydrogens (tertiary/aromatic N) is 3. The van der Waals surface area contributed by atoms with E-state index in [0.717, 1.165) is 6.07 Å². The maximum atomic E-state index is 13.0. The molecule has 122 valence electrons. The van der Waals surface area contributed by atoms with Gasteiger partial charge in [0.15, 0.2) is 11.5 Å². The fourth-order valence-electron chi connectivity index (χ4n) is 1.88. The zero-order chi connectivity index (χ0) is 17.0. The van der Waals surface area contributed by atoms with Crippen molar-refractivity contribution in [2.75, 3.05) is 5.32 Å². The Morgan fingerprint density at radius 1 is 1.35 bits per heavy atom. The van der Waals surface area contributed by atoms with E-state index < -0.39 is 23.8 Å². The highest BCUT2D eigenvalue weighted by atomic mass is 19.4. The molecule has 23 heavy (non-hydrogen) atoms. The molecule has 0 aliphatic heterocycles. The SMILES string of the molecule is CC(CC(N)=O)Nc1cc(C(F)(F)F)nc(-c2ccccn2)n1. The topological polar surface area (TPSA) is 93.8 Å². The van der Waals surface area contributed by atoms with Crippen molar-refractivity contribution in [1.29, 1.82) is 0 Å². The predicted molar refractivity (Wildman–Crippen MR) is 77.2 cm³/mol. The van der Waals surface area contributed by atoms with Crippen molar-refractivity contribution < 1.29 is 18.0 Å². The van der Waals surface area contributed by atoms with E-state index in [1.165, 1.54) is 12.3 Å². The number of hydrogen-bond acceptors (Lipinski definition) is 5. The number of carbonyl (C=O) groups is 1. The lowest BCUT2D eigenvalue weighted by atomic mass is 10.2. The van der Waals surface area contributed by atoms with Crippen molar-refractivity contribution >= 4 is 11.7 Å². The number of pyridine rings is 1. The summed E-state index contributed by atoms with van der Waals surface area (Å²) in [6.07, 6.45) is -3.23. The molecule has 2 aromatic heterocycles. The summed E-state index contributed by atoms with van der Waals surface area (Å²) in [5.74, 6) is -0.782. The average Bonchev–Trinajstić information content (AvgIpc) is 2.46. The number of hydrogen-bond donors (Lipinski definition) is 2. The van der Waals surface area contributed by atoms with E-state index in [2.05, 4.69) is 20.3 Å². The molecule has 2 aromatic rings. The van der Waals surface area contributed by atoms with Crippen LogP contribution in [0.5, 0.6) is 0 Å². The Kier molecular flexibility index (Phi) is 4.77. The Morgan fingerprint density at radius 2 is 2.09 bits per heavy atom. The molecule has 1 unspecified atom stereocenters. The van der Waals surface area contributed by atoms with Gasteiger partial charge in [0.1, 0.15) is 11.5 Å². The minimum Gasteiger partial charge on any atom is -0.370 e. The highest BCUT2D eigenvalue weighted by Gasteiger charge is 2.34. The van der Waals surface area contributed by atoms with Crippen LogP contribution in [-0.2, 0) is 11.0 Å². The Labute approximate surface area is 130 Å². The van der Waals surface area contributed by atoms with Crippen LogP contribution < -0.4 is 11.1 Å². The highest BCUT2D eigenvalue weighted by Crippen LogP contribution is 2.30. The predicted octanol–water partition coefficient (Wildman–Crippen LogP) is 2.23. The van der Waals surface area contributed by atoms with Gasteiger partial charge >= 0.3 is 6.18 Å². The summed E-state index contributed by atoms with van der Waals surface area (Å²) in [5, 5.41) is 2.72. The molecular formula is C14H14F3N5O. The molecule has 0 spiro atoms.